The minimum atomic E-state index is -1.95. The lowest BCUT2D eigenvalue weighted by molar-refractivity contribution is -0.255. The minimum Gasteiger partial charge on any atom is -0.545 e. The van der Waals surface area contributed by atoms with E-state index in [1.54, 1.807) is 60.7 Å². The Bertz CT molecular complexity index is 4200. The Balaban J connectivity index is 1.24. The second-order valence-corrected chi connectivity index (χ2v) is 25.2. The summed E-state index contributed by atoms with van der Waals surface area (Å²) < 4.78 is 16.5. The van der Waals surface area contributed by atoms with E-state index >= 15 is 0 Å². The molecule has 6 rings (SSSR count). The number of carbonyl (C=O) groups excluding carboxylic acids is 11. The van der Waals surface area contributed by atoms with Crippen LogP contribution < -0.4 is 58.3 Å². The zero-order valence-corrected chi connectivity index (χ0v) is 58.6. The van der Waals surface area contributed by atoms with E-state index in [0.717, 1.165) is 0 Å². The third-order valence-electron chi connectivity index (χ3n) is 16.2. The van der Waals surface area contributed by atoms with Crippen LogP contribution in [0.3, 0.4) is 0 Å². The summed E-state index contributed by atoms with van der Waals surface area (Å²) in [6.45, 7) is 5.09. The Morgan fingerprint density at radius 2 is 0.706 bits per heavy atom. The van der Waals surface area contributed by atoms with Crippen molar-refractivity contribution in [2.75, 3.05) is 10.6 Å². The zero-order valence-electron chi connectivity index (χ0n) is 58.6. The second kappa shape index (κ2) is 40.0. The Morgan fingerprint density at radius 3 is 1.05 bits per heavy atom. The van der Waals surface area contributed by atoms with E-state index in [2.05, 4.69) is 53.2 Å². The van der Waals surface area contributed by atoms with E-state index in [9.17, 15) is 117 Å². The van der Waals surface area contributed by atoms with Gasteiger partial charge in [0.15, 0.2) is 0 Å². The number of amides is 10. The maximum absolute atomic E-state index is 14.2. The van der Waals surface area contributed by atoms with Crippen LogP contribution in [0, 0.1) is 11.8 Å². The molecule has 0 saturated heterocycles. The average molecular weight is 1520 g/mol. The number of anilines is 2. The molecule has 578 valence electrons. The lowest BCUT2D eigenvalue weighted by Crippen LogP contribution is -2.59. The van der Waals surface area contributed by atoms with E-state index in [-0.39, 0.29) is 63.2 Å². The second-order valence-electron chi connectivity index (χ2n) is 25.2. The molecule has 0 spiro atoms. The van der Waals surface area contributed by atoms with Crippen LogP contribution in [0.25, 0.3) is 33.1 Å². The van der Waals surface area contributed by atoms with Gasteiger partial charge in [-0.05, 0) is 65.6 Å². The molecule has 6 aromatic rings. The lowest BCUT2D eigenvalue weighted by atomic mass is 9.93. The molecule has 8 atom stereocenters. The van der Waals surface area contributed by atoms with Gasteiger partial charge in [0.1, 0.15) is 61.5 Å². The number of fused-ring (bicyclic) bond motifs is 2. The van der Waals surface area contributed by atoms with Crippen molar-refractivity contribution >= 4 is 135 Å². The standard InChI is InChI=1S/C72H78N10O27/c1-35(2)60(81-62(95)45(23-25-53(83)84)75-66(99)49(31-57(91)92)79-71(105)107-33-37-13-7-5-8-14-37)68(101)77-47(29-55(87)88)64(97)73-39-19-21-43-51(27-39)109-52-28-40(20-22-44(52)59(43)41-17-11-12-18-42(41)70(103)104)74-65(98)48(30-56(89)90)78-69(102)61(36(3)4)82-63(96)46(24-26-54(85)86)76-67(100)50(32-58(93)94)80-72(106)108-34-38-15-9-6-10-16-38/h5-22,27-28,35-36,45-50,60-61H,23-26,29-34H2,1-4H3,(H16-,73,74,75,76,77,78,79,80,81,82,83,84,85,86,87,88,89,90,91,92,93,94,95,96,97,98,99,100,101,102,103,104,105,106)/t45-,46+,47-,48+,49-,50+,60-,61+. The van der Waals surface area contributed by atoms with Crippen molar-refractivity contribution < 1.29 is 131 Å². The van der Waals surface area contributed by atoms with Gasteiger partial charge in [-0.2, -0.15) is 0 Å². The summed E-state index contributed by atoms with van der Waals surface area (Å²) >= 11 is 0. The average Bonchev–Trinajstić information content (AvgIpc) is 0.747. The third kappa shape index (κ3) is 26.2. The molecule has 0 radical (unpaired) electrons. The number of benzene rings is 5. The van der Waals surface area contributed by atoms with Crippen LogP contribution in [0.15, 0.2) is 126 Å². The fourth-order valence-corrected chi connectivity index (χ4v) is 10.7. The summed E-state index contributed by atoms with van der Waals surface area (Å²) in [5.74, 6) is -22.4. The molecule has 0 aliphatic rings. The number of aliphatic carboxylic acids is 6. The number of hydrogen-bond donors (Lipinski definition) is 16. The monoisotopic (exact) mass is 1510 g/mol. The SMILES string of the molecule is CC(C)[C@H](NC(=O)[C@H](CCC(=O)O)NC(=O)[C@H](CC(=O)O)NC(=O)OCc1ccccc1)C(=O)N[C@@H](CC(=O)O)C(=O)Nc1ccc2c(-c3ccccc3C(=O)[O-])c3ccc(NC(=O)[C@@H](CC(=O)O)NC(=O)[C@H](NC(=O)[C@@H](CCC(=O)O)NC(=O)[C@@H](CC(=O)O)NC(=O)OCc4ccccc4)C(C)C)cc3[o+]c2c1. The van der Waals surface area contributed by atoms with Crippen LogP contribution in [0.4, 0.5) is 21.0 Å². The number of carboxylic acids is 7. The van der Waals surface area contributed by atoms with E-state index in [1.165, 1.54) is 88.4 Å². The highest BCUT2D eigenvalue weighted by Gasteiger charge is 2.38. The van der Waals surface area contributed by atoms with E-state index in [0.29, 0.717) is 11.1 Å². The normalized spacial score (nSPS) is 13.2. The van der Waals surface area contributed by atoms with Crippen molar-refractivity contribution in [3.63, 3.8) is 0 Å². The van der Waals surface area contributed by atoms with Gasteiger partial charge in [0.2, 0.25) is 47.3 Å². The van der Waals surface area contributed by atoms with Gasteiger partial charge in [-0.15, -0.1) is 0 Å². The molecule has 0 bridgehead atoms. The first kappa shape index (κ1) is 84.3. The number of carbonyl (C=O) groups is 17. The Kier molecular flexibility index (Phi) is 30.9. The lowest BCUT2D eigenvalue weighted by Gasteiger charge is -2.27. The summed E-state index contributed by atoms with van der Waals surface area (Å²) in [4.78, 5) is 221. The molecule has 1 heterocycles. The van der Waals surface area contributed by atoms with E-state index < -0.39 is 213 Å². The highest BCUT2D eigenvalue weighted by molar-refractivity contribution is 6.14. The molecule has 5 aromatic carbocycles. The van der Waals surface area contributed by atoms with Gasteiger partial charge in [-0.3, -0.25) is 67.1 Å². The molecule has 109 heavy (non-hydrogen) atoms. The minimum absolute atomic E-state index is 0.0485. The van der Waals surface area contributed by atoms with Crippen LogP contribution in [0.1, 0.15) is 101 Å². The van der Waals surface area contributed by atoms with Crippen LogP contribution in [-0.2, 0) is 89.8 Å². The molecule has 0 fully saturated rings. The largest absolute Gasteiger partial charge is 0.545 e. The maximum atomic E-state index is 14.2. The number of carboxylic acid groups (broad SMARTS) is 7. The topological polar surface area (TPSA) is 585 Å². The van der Waals surface area contributed by atoms with Crippen molar-refractivity contribution in [1.82, 2.24) is 42.5 Å². The molecule has 37 nitrogen and oxygen atoms in total. The van der Waals surface area contributed by atoms with Gasteiger partial charge in [-0.25, -0.2) is 14.0 Å². The number of alkyl carbamates (subject to hydrolysis) is 2. The van der Waals surface area contributed by atoms with Gasteiger partial charge in [0.05, 0.1) is 65.9 Å². The first-order valence-corrected chi connectivity index (χ1v) is 33.4. The molecule has 37 heteroatoms. The van der Waals surface area contributed by atoms with Crippen molar-refractivity contribution in [1.29, 1.82) is 0 Å². The molecular weight excluding hydrogens is 1440 g/mol. The molecule has 10 amide bonds. The van der Waals surface area contributed by atoms with Crippen molar-refractivity contribution in [3.8, 4) is 11.1 Å². The quantitative estimate of drug-likeness (QED) is 0.0194. The Hall–Kier alpha value is -13.6. The molecule has 1 aromatic heterocycles. The number of rotatable bonds is 40. The zero-order chi connectivity index (χ0) is 80.3. The fourth-order valence-electron chi connectivity index (χ4n) is 10.7. The van der Waals surface area contributed by atoms with Crippen LogP contribution >= 0.6 is 0 Å². The number of aromatic carboxylic acids is 1. The van der Waals surface area contributed by atoms with Crippen molar-refractivity contribution in [3.05, 3.63) is 138 Å². The predicted molar refractivity (Wildman–Crippen MR) is 376 cm³/mol. The summed E-state index contributed by atoms with van der Waals surface area (Å²) in [5, 5.41) is 94.0. The van der Waals surface area contributed by atoms with Gasteiger partial charge >= 0.3 is 59.2 Å². The van der Waals surface area contributed by atoms with Gasteiger partial charge < -0.3 is 103 Å². The number of ether oxygens (including phenoxy) is 2. The summed E-state index contributed by atoms with van der Waals surface area (Å²) in [6, 6.07) is 15.1. The first-order valence-electron chi connectivity index (χ1n) is 33.4. The molecular formula is C72H78N10O27. The van der Waals surface area contributed by atoms with E-state index in [4.69, 9.17) is 13.9 Å². The highest BCUT2D eigenvalue weighted by atomic mass is 16.6. The van der Waals surface area contributed by atoms with E-state index in [1.807, 2.05) is 0 Å². The summed E-state index contributed by atoms with van der Waals surface area (Å²) in [6.07, 6.45) is -9.60. The first-order chi connectivity index (χ1) is 51.6. The summed E-state index contributed by atoms with van der Waals surface area (Å²) in [5.41, 5.74) is 0.343. The molecule has 0 aliphatic heterocycles. The van der Waals surface area contributed by atoms with Crippen molar-refractivity contribution in [2.45, 2.75) is 141 Å². The Morgan fingerprint density at radius 1 is 0.376 bits per heavy atom. The molecule has 0 saturated carbocycles. The molecule has 0 aliphatic carbocycles. The maximum Gasteiger partial charge on any atom is 0.408 e. The highest BCUT2D eigenvalue weighted by Crippen LogP contribution is 2.40. The molecule has 16 N–H and O–H groups in total. The van der Waals surface area contributed by atoms with Gasteiger partial charge in [0.25, 0.3) is 0 Å². The van der Waals surface area contributed by atoms with Crippen molar-refractivity contribution in [2.24, 2.45) is 11.8 Å². The number of nitrogens with one attached hydrogen (secondary N) is 10. The fraction of sp³-hybridized carbons (Fsp3) is 0.333. The third-order valence-corrected chi connectivity index (χ3v) is 16.2. The van der Waals surface area contributed by atoms with Gasteiger partial charge in [0, 0.05) is 24.0 Å². The number of hydrogen-bond acceptors (Lipinski definition) is 20. The summed E-state index contributed by atoms with van der Waals surface area (Å²) in [7, 11) is 0. The molecule has 0 unspecified atom stereocenters. The Labute approximate surface area is 618 Å². The van der Waals surface area contributed by atoms with Crippen LogP contribution in [0.5, 0.6) is 0 Å². The predicted octanol–water partition coefficient (Wildman–Crippen LogP) is 2.21. The van der Waals surface area contributed by atoms with Crippen LogP contribution in [0.2, 0.25) is 0 Å². The smallest absolute Gasteiger partial charge is 0.408 e. The van der Waals surface area contributed by atoms with Gasteiger partial charge in [-0.1, -0.05) is 113 Å². The van der Waals surface area contributed by atoms with Crippen LogP contribution in [-0.4, -0.2) is 180 Å².